The van der Waals surface area contributed by atoms with Gasteiger partial charge in [0.2, 0.25) is 11.0 Å². The van der Waals surface area contributed by atoms with Crippen molar-refractivity contribution < 1.29 is 28.6 Å². The summed E-state index contributed by atoms with van der Waals surface area (Å²) in [7, 11) is 0. The summed E-state index contributed by atoms with van der Waals surface area (Å²) in [5.41, 5.74) is -0.00762. The maximum absolute atomic E-state index is 11.6. The number of carbonyl (C=O) groups is 2. The van der Waals surface area contributed by atoms with E-state index in [0.29, 0.717) is 5.69 Å². The number of amides is 1. The Bertz CT molecular complexity index is 685. The van der Waals surface area contributed by atoms with Gasteiger partial charge in [-0.15, -0.1) is 0 Å². The van der Waals surface area contributed by atoms with E-state index in [4.69, 9.17) is 9.26 Å². The molecular formula is C14H15N3O5. The number of aromatic carboxylic acids is 1. The van der Waals surface area contributed by atoms with Crippen LogP contribution in [0.15, 0.2) is 35.0 Å². The third kappa shape index (κ3) is 4.05. The quantitative estimate of drug-likeness (QED) is 0.834. The first kappa shape index (κ1) is 15.5. The number of carboxylic acid groups (broad SMARTS) is 1. The van der Waals surface area contributed by atoms with Crippen LogP contribution in [0.1, 0.15) is 31.1 Å². The Morgan fingerprint density at radius 2 is 1.91 bits per heavy atom. The molecule has 1 heterocycles. The third-order valence-electron chi connectivity index (χ3n) is 2.46. The van der Waals surface area contributed by atoms with Crippen LogP contribution >= 0.6 is 0 Å². The molecule has 22 heavy (non-hydrogen) atoms. The van der Waals surface area contributed by atoms with Gasteiger partial charge in [0.05, 0.1) is 5.97 Å². The van der Waals surface area contributed by atoms with Crippen LogP contribution in [-0.2, 0) is 4.74 Å². The molecule has 0 fully saturated rings. The number of nitrogens with zero attached hydrogens (tertiary/aromatic N) is 2. The molecule has 8 nitrogen and oxygen atoms in total. The van der Waals surface area contributed by atoms with E-state index in [2.05, 4.69) is 10.6 Å². The first-order valence-corrected chi connectivity index (χ1v) is 6.45. The minimum atomic E-state index is -1.26. The molecular weight excluding hydrogens is 290 g/mol. The molecule has 8 heteroatoms. The highest BCUT2D eigenvalue weighted by Gasteiger charge is 2.20. The summed E-state index contributed by atoms with van der Waals surface area (Å²) < 4.78 is 11.4. The average Bonchev–Trinajstić information content (AvgIpc) is 2.85. The number of nitrogens with one attached hydrogen (secondary N) is 1. The molecule has 0 spiro atoms. The molecule has 0 atom stereocenters. The van der Waals surface area contributed by atoms with Crippen molar-refractivity contribution in [3.05, 3.63) is 36.0 Å². The Morgan fingerprint density at radius 3 is 2.45 bits per heavy atom. The van der Waals surface area contributed by atoms with E-state index in [9.17, 15) is 14.7 Å². The van der Waals surface area contributed by atoms with E-state index in [0.717, 1.165) is 0 Å². The summed E-state index contributed by atoms with van der Waals surface area (Å²) in [6.45, 7) is 5.23. The summed E-state index contributed by atoms with van der Waals surface area (Å²) in [6.07, 6.45) is 0.765. The molecule has 0 saturated heterocycles. The Kier molecular flexibility index (Phi) is 4.11. The molecule has 2 rings (SSSR count). The van der Waals surface area contributed by atoms with Gasteiger partial charge in [0.25, 0.3) is 6.20 Å². The first-order valence-electron chi connectivity index (χ1n) is 6.45. The van der Waals surface area contributed by atoms with Gasteiger partial charge in [-0.25, -0.2) is 4.79 Å². The molecule has 0 aliphatic rings. The molecule has 1 amide bonds. The first-order chi connectivity index (χ1) is 10.2. The van der Waals surface area contributed by atoms with Gasteiger partial charge in [-0.3, -0.25) is 9.84 Å². The van der Waals surface area contributed by atoms with Crippen molar-refractivity contribution >= 4 is 17.9 Å². The van der Waals surface area contributed by atoms with Crippen molar-refractivity contribution in [2.45, 2.75) is 26.4 Å². The zero-order valence-electron chi connectivity index (χ0n) is 12.3. The molecule has 0 bridgehead atoms. The van der Waals surface area contributed by atoms with Crippen molar-refractivity contribution in [3.63, 3.8) is 0 Å². The number of benzene rings is 1. The third-order valence-corrected chi connectivity index (χ3v) is 2.46. The molecule has 0 unspecified atom stereocenters. The fourth-order valence-corrected chi connectivity index (χ4v) is 1.58. The molecule has 1 N–H and O–H groups in total. The topological polar surface area (TPSA) is 108 Å². The smallest absolute Gasteiger partial charge is 0.414 e. The highest BCUT2D eigenvalue weighted by atomic mass is 16.6. The summed E-state index contributed by atoms with van der Waals surface area (Å²) in [4.78, 5) is 22.3. The zero-order valence-corrected chi connectivity index (χ0v) is 12.3. The van der Waals surface area contributed by atoms with Crippen LogP contribution in [0.4, 0.5) is 10.7 Å². The summed E-state index contributed by atoms with van der Waals surface area (Å²) in [5, 5.41) is 16.8. The Labute approximate surface area is 126 Å². The monoisotopic (exact) mass is 305 g/mol. The van der Waals surface area contributed by atoms with E-state index in [1.54, 1.807) is 20.8 Å². The lowest BCUT2D eigenvalue weighted by atomic mass is 10.2. The second-order valence-corrected chi connectivity index (χ2v) is 5.47. The van der Waals surface area contributed by atoms with Crippen molar-refractivity contribution in [2.75, 3.05) is 5.32 Å². The van der Waals surface area contributed by atoms with E-state index < -0.39 is 17.7 Å². The number of carbonyl (C=O) groups excluding carboxylic acids is 2. The minimum absolute atomic E-state index is 0.0555. The second-order valence-electron chi connectivity index (χ2n) is 5.47. The van der Waals surface area contributed by atoms with Crippen LogP contribution in [0.3, 0.4) is 0 Å². The SMILES string of the molecule is CC(C)(C)OC(=O)Nc1c[n+](-c2ccc(C(=O)[O-])cc2)no1. The largest absolute Gasteiger partial charge is 0.545 e. The van der Waals surface area contributed by atoms with Crippen molar-refractivity contribution in [3.8, 4) is 5.69 Å². The van der Waals surface area contributed by atoms with E-state index in [1.165, 1.54) is 35.1 Å². The Hall–Kier alpha value is -2.90. The molecule has 116 valence electrons. The minimum Gasteiger partial charge on any atom is -0.545 e. The lowest BCUT2D eigenvalue weighted by molar-refractivity contribution is -0.670. The lowest BCUT2D eigenvalue weighted by Gasteiger charge is -2.18. The van der Waals surface area contributed by atoms with Crippen LogP contribution in [0.5, 0.6) is 0 Å². The zero-order chi connectivity index (χ0) is 16.3. The van der Waals surface area contributed by atoms with Gasteiger partial charge in [-0.1, -0.05) is 0 Å². The van der Waals surface area contributed by atoms with E-state index >= 15 is 0 Å². The van der Waals surface area contributed by atoms with Crippen LogP contribution in [0, 0.1) is 0 Å². The highest BCUT2D eigenvalue weighted by molar-refractivity contribution is 5.85. The summed E-state index contributed by atoms with van der Waals surface area (Å²) in [6, 6.07) is 5.83. The molecule has 1 aromatic carbocycles. The number of rotatable bonds is 3. The normalized spacial score (nSPS) is 11.0. The number of anilines is 1. The molecule has 0 aliphatic carbocycles. The summed E-state index contributed by atoms with van der Waals surface area (Å²) >= 11 is 0. The summed E-state index contributed by atoms with van der Waals surface area (Å²) in [5.74, 6) is -1.16. The van der Waals surface area contributed by atoms with Gasteiger partial charge in [-0.05, 0) is 43.1 Å². The predicted octanol–water partition coefficient (Wildman–Crippen LogP) is 0.662. The Morgan fingerprint density at radius 1 is 1.27 bits per heavy atom. The van der Waals surface area contributed by atoms with Gasteiger partial charge < -0.3 is 14.6 Å². The van der Waals surface area contributed by atoms with Gasteiger partial charge in [0.15, 0.2) is 0 Å². The molecule has 1 aromatic heterocycles. The maximum Gasteiger partial charge on any atom is 0.414 e. The van der Waals surface area contributed by atoms with Gasteiger partial charge in [0, 0.05) is 12.1 Å². The number of hydrogen-bond acceptors (Lipinski definition) is 6. The van der Waals surface area contributed by atoms with Crippen LogP contribution in [0.25, 0.3) is 5.69 Å². The van der Waals surface area contributed by atoms with Gasteiger partial charge in [0.1, 0.15) is 5.60 Å². The van der Waals surface area contributed by atoms with E-state index in [-0.39, 0.29) is 11.4 Å². The highest BCUT2D eigenvalue weighted by Crippen LogP contribution is 2.10. The number of hydrogen-bond donors (Lipinski definition) is 1. The molecule has 0 aliphatic heterocycles. The fourth-order valence-electron chi connectivity index (χ4n) is 1.58. The van der Waals surface area contributed by atoms with Crippen molar-refractivity contribution in [1.29, 1.82) is 0 Å². The second kappa shape index (κ2) is 5.84. The fraction of sp³-hybridized carbons (Fsp3) is 0.286. The van der Waals surface area contributed by atoms with Crippen LogP contribution in [0.2, 0.25) is 0 Å². The Balaban J connectivity index is 2.08. The van der Waals surface area contributed by atoms with E-state index in [1.807, 2.05) is 0 Å². The number of aromatic nitrogens is 2. The van der Waals surface area contributed by atoms with Gasteiger partial charge in [-0.2, -0.15) is 0 Å². The predicted molar refractivity (Wildman–Crippen MR) is 72.2 cm³/mol. The van der Waals surface area contributed by atoms with Crippen molar-refractivity contribution in [2.24, 2.45) is 0 Å². The number of ether oxygens (including phenoxy) is 1. The molecule has 0 radical (unpaired) electrons. The van der Waals surface area contributed by atoms with Crippen molar-refractivity contribution in [1.82, 2.24) is 5.27 Å². The van der Waals surface area contributed by atoms with Gasteiger partial charge >= 0.3 is 12.0 Å². The number of carboxylic acids is 1. The standard InChI is InChI=1S/C14H15N3O5/c1-14(2,3)21-13(20)15-11-8-17(16-22-11)10-6-4-9(5-7-10)12(18)19/h4-8H,1-3H3,(H-,15,16,18,19,20). The lowest BCUT2D eigenvalue weighted by Crippen LogP contribution is -2.32. The van der Waals surface area contributed by atoms with Crippen LogP contribution in [-0.4, -0.2) is 22.9 Å². The molecule has 2 aromatic rings. The average molecular weight is 305 g/mol. The maximum atomic E-state index is 11.6. The van der Waals surface area contributed by atoms with Crippen LogP contribution < -0.4 is 15.1 Å². The molecule has 0 saturated carbocycles.